The number of rotatable bonds is 4. The van der Waals surface area contributed by atoms with Crippen LogP contribution < -0.4 is 10.6 Å². The minimum absolute atomic E-state index is 0.0127. The molecule has 0 unspecified atom stereocenters. The highest BCUT2D eigenvalue weighted by Gasteiger charge is 2.15. The van der Waals surface area contributed by atoms with E-state index in [4.69, 9.17) is 16.7 Å². The number of benzene rings is 1. The van der Waals surface area contributed by atoms with Gasteiger partial charge in [-0.2, -0.15) is 0 Å². The molecule has 3 N–H and O–H groups in total. The van der Waals surface area contributed by atoms with E-state index in [-0.39, 0.29) is 11.3 Å². The first-order valence-electron chi connectivity index (χ1n) is 5.78. The molecule has 1 heterocycles. The van der Waals surface area contributed by atoms with E-state index in [0.29, 0.717) is 15.4 Å². The average molecular weight is 390 g/mol. The highest BCUT2D eigenvalue weighted by Crippen LogP contribution is 2.26. The molecule has 0 radical (unpaired) electrons. The lowest BCUT2D eigenvalue weighted by Gasteiger charge is -2.11. The molecule has 0 aliphatic heterocycles. The molecule has 0 atom stereocenters. The highest BCUT2D eigenvalue weighted by atomic mass is 79.9. The summed E-state index contributed by atoms with van der Waals surface area (Å²) >= 11 is 10.4. The van der Waals surface area contributed by atoms with E-state index in [1.807, 2.05) is 6.07 Å². The van der Waals surface area contributed by atoms with Crippen molar-refractivity contribution in [3.8, 4) is 0 Å². The number of carbonyl (C=O) groups excluding carboxylic acids is 1. The molecule has 1 aromatic carbocycles. The van der Waals surface area contributed by atoms with E-state index in [0.717, 1.165) is 4.88 Å². The van der Waals surface area contributed by atoms with Crippen molar-refractivity contribution in [3.05, 3.63) is 49.6 Å². The molecule has 0 saturated carbocycles. The molecule has 0 aliphatic rings. The maximum Gasteiger partial charge on any atom is 0.337 e. The molecule has 2 amide bonds. The van der Waals surface area contributed by atoms with Crippen LogP contribution in [-0.4, -0.2) is 17.1 Å². The lowest BCUT2D eigenvalue weighted by atomic mass is 10.2. The zero-order chi connectivity index (χ0) is 15.4. The van der Waals surface area contributed by atoms with Crippen molar-refractivity contribution in [3.63, 3.8) is 0 Å². The van der Waals surface area contributed by atoms with E-state index < -0.39 is 12.0 Å². The molecule has 0 aliphatic carbocycles. The fraction of sp³-hybridized carbons (Fsp3) is 0.0769. The normalized spacial score (nSPS) is 10.2. The quantitative estimate of drug-likeness (QED) is 0.734. The number of thiophene rings is 1. The van der Waals surface area contributed by atoms with Gasteiger partial charge in [0.05, 0.1) is 22.1 Å². The van der Waals surface area contributed by atoms with Crippen molar-refractivity contribution < 1.29 is 14.7 Å². The Morgan fingerprint density at radius 2 is 2.05 bits per heavy atom. The van der Waals surface area contributed by atoms with Crippen LogP contribution in [0.3, 0.4) is 0 Å². The van der Waals surface area contributed by atoms with E-state index in [1.54, 1.807) is 18.2 Å². The second-order valence-electron chi connectivity index (χ2n) is 3.98. The summed E-state index contributed by atoms with van der Waals surface area (Å²) in [6.07, 6.45) is 0. The third kappa shape index (κ3) is 4.20. The second-order valence-corrected chi connectivity index (χ2v) is 6.64. The molecule has 0 spiro atoms. The minimum Gasteiger partial charge on any atom is -0.478 e. The summed E-state index contributed by atoms with van der Waals surface area (Å²) in [5.74, 6) is -1.11. The first-order valence-corrected chi connectivity index (χ1v) is 7.77. The molecule has 0 bridgehead atoms. The summed E-state index contributed by atoms with van der Waals surface area (Å²) in [6.45, 7) is 0.316. The lowest BCUT2D eigenvalue weighted by Crippen LogP contribution is -2.28. The van der Waals surface area contributed by atoms with E-state index >= 15 is 0 Å². The van der Waals surface area contributed by atoms with Gasteiger partial charge in [-0.3, -0.25) is 0 Å². The standard InChI is InChI=1S/C13H10BrClN2O3S/c14-9-3-1-2-8(12(18)19)11(9)17-13(20)16-6-7-4-5-10(15)21-7/h1-5H,6H2,(H,18,19)(H2,16,17,20). The van der Waals surface area contributed by atoms with Gasteiger partial charge in [0.2, 0.25) is 0 Å². The molecule has 110 valence electrons. The average Bonchev–Trinajstić information content (AvgIpc) is 2.84. The Hall–Kier alpha value is -1.57. The first-order chi connectivity index (χ1) is 9.97. The Kier molecular flexibility index (Phi) is 5.22. The van der Waals surface area contributed by atoms with Crippen molar-refractivity contribution in [2.45, 2.75) is 6.54 Å². The Labute approximate surface area is 138 Å². The SMILES string of the molecule is O=C(NCc1ccc(Cl)s1)Nc1c(Br)cccc1C(=O)O. The van der Waals surface area contributed by atoms with Gasteiger partial charge in [-0.05, 0) is 40.2 Å². The van der Waals surface area contributed by atoms with E-state index in [2.05, 4.69) is 26.6 Å². The van der Waals surface area contributed by atoms with Crippen LogP contribution in [-0.2, 0) is 6.54 Å². The van der Waals surface area contributed by atoms with E-state index in [1.165, 1.54) is 17.4 Å². The number of carbonyl (C=O) groups is 2. The number of carboxylic acids is 1. The highest BCUT2D eigenvalue weighted by molar-refractivity contribution is 9.10. The Bertz CT molecular complexity index is 690. The Balaban J connectivity index is 2.04. The van der Waals surface area contributed by atoms with Gasteiger partial charge in [0, 0.05) is 9.35 Å². The maximum atomic E-state index is 11.9. The second kappa shape index (κ2) is 6.93. The largest absolute Gasteiger partial charge is 0.478 e. The van der Waals surface area contributed by atoms with Gasteiger partial charge in [0.25, 0.3) is 0 Å². The molecule has 0 saturated heterocycles. The van der Waals surface area contributed by atoms with Crippen molar-refractivity contribution in [2.24, 2.45) is 0 Å². The number of amides is 2. The zero-order valence-electron chi connectivity index (χ0n) is 10.5. The Morgan fingerprint density at radius 1 is 1.29 bits per heavy atom. The van der Waals surface area contributed by atoms with Gasteiger partial charge >= 0.3 is 12.0 Å². The summed E-state index contributed by atoms with van der Waals surface area (Å²) < 4.78 is 1.14. The molecule has 5 nitrogen and oxygen atoms in total. The summed E-state index contributed by atoms with van der Waals surface area (Å²) in [4.78, 5) is 23.9. The van der Waals surface area contributed by atoms with Crippen LogP contribution in [0.2, 0.25) is 4.34 Å². The summed E-state index contributed by atoms with van der Waals surface area (Å²) in [5.41, 5.74) is 0.227. The van der Waals surface area contributed by atoms with Crippen LogP contribution in [0.4, 0.5) is 10.5 Å². The van der Waals surface area contributed by atoms with Crippen molar-refractivity contribution in [1.29, 1.82) is 0 Å². The third-order valence-corrected chi connectivity index (χ3v) is 4.43. The van der Waals surface area contributed by atoms with Crippen LogP contribution in [0.25, 0.3) is 0 Å². The number of aromatic carboxylic acids is 1. The molecule has 2 rings (SSSR count). The number of nitrogens with one attached hydrogen (secondary N) is 2. The topological polar surface area (TPSA) is 78.4 Å². The maximum absolute atomic E-state index is 11.9. The number of carboxylic acid groups (broad SMARTS) is 1. The third-order valence-electron chi connectivity index (χ3n) is 2.53. The van der Waals surface area contributed by atoms with Crippen LogP contribution >= 0.6 is 38.9 Å². The summed E-state index contributed by atoms with van der Waals surface area (Å²) in [6, 6.07) is 7.73. The lowest BCUT2D eigenvalue weighted by molar-refractivity contribution is 0.0698. The van der Waals surface area contributed by atoms with Gasteiger partial charge in [-0.25, -0.2) is 9.59 Å². The van der Waals surface area contributed by atoms with Crippen molar-refractivity contribution in [2.75, 3.05) is 5.32 Å². The molecule has 0 fully saturated rings. The van der Waals surface area contributed by atoms with E-state index in [9.17, 15) is 9.59 Å². The van der Waals surface area contributed by atoms with Gasteiger partial charge in [0.15, 0.2) is 0 Å². The Morgan fingerprint density at radius 3 is 2.67 bits per heavy atom. The van der Waals surface area contributed by atoms with Crippen LogP contribution in [0.15, 0.2) is 34.8 Å². The molecular weight excluding hydrogens is 380 g/mol. The van der Waals surface area contributed by atoms with Crippen molar-refractivity contribution in [1.82, 2.24) is 5.32 Å². The predicted molar refractivity (Wildman–Crippen MR) is 86.3 cm³/mol. The number of hydrogen-bond acceptors (Lipinski definition) is 3. The van der Waals surface area contributed by atoms with Crippen LogP contribution in [0.1, 0.15) is 15.2 Å². The first kappa shape index (κ1) is 15.8. The summed E-state index contributed by atoms with van der Waals surface area (Å²) in [7, 11) is 0. The van der Waals surface area contributed by atoms with Crippen molar-refractivity contribution >= 4 is 56.6 Å². The number of anilines is 1. The van der Waals surface area contributed by atoms with Gasteiger partial charge in [0.1, 0.15) is 0 Å². The van der Waals surface area contributed by atoms with Gasteiger partial charge < -0.3 is 15.7 Å². The smallest absolute Gasteiger partial charge is 0.337 e. The molecule has 8 heteroatoms. The molecular formula is C13H10BrClN2O3S. The minimum atomic E-state index is -1.11. The number of urea groups is 1. The number of halogens is 2. The zero-order valence-corrected chi connectivity index (χ0v) is 13.7. The fourth-order valence-electron chi connectivity index (χ4n) is 1.60. The van der Waals surface area contributed by atoms with Crippen LogP contribution in [0, 0.1) is 0 Å². The molecule has 1 aromatic heterocycles. The van der Waals surface area contributed by atoms with Gasteiger partial charge in [-0.1, -0.05) is 17.7 Å². The number of hydrogen-bond donors (Lipinski definition) is 3. The molecule has 2 aromatic rings. The monoisotopic (exact) mass is 388 g/mol. The van der Waals surface area contributed by atoms with Crippen LogP contribution in [0.5, 0.6) is 0 Å². The fourth-order valence-corrected chi connectivity index (χ4v) is 3.09. The van der Waals surface area contributed by atoms with Gasteiger partial charge in [-0.15, -0.1) is 11.3 Å². The predicted octanol–water partition coefficient (Wildman–Crippen LogP) is 4.18. The summed E-state index contributed by atoms with van der Waals surface area (Å²) in [5, 5.41) is 14.3. The molecule has 21 heavy (non-hydrogen) atoms. The number of para-hydroxylation sites is 1.